The Kier molecular flexibility index (Phi) is 5.19. The lowest BCUT2D eigenvalue weighted by Gasteiger charge is -2.11. The molecule has 0 saturated heterocycles. The van der Waals surface area contributed by atoms with Crippen LogP contribution in [0.2, 0.25) is 0 Å². The van der Waals surface area contributed by atoms with Gasteiger partial charge >= 0.3 is 11.8 Å². The molecule has 0 atom stereocenters. The van der Waals surface area contributed by atoms with E-state index in [4.69, 9.17) is 4.74 Å². The minimum Gasteiger partial charge on any atom is -0.506 e. The molecule has 2 aromatic rings. The summed E-state index contributed by atoms with van der Waals surface area (Å²) in [6.45, 7) is 4.07. The van der Waals surface area contributed by atoms with Gasteiger partial charge in [0.15, 0.2) is 0 Å². The SMILES string of the molecule is CCOc1ccccc1NC(=O)C(=O)Nc1ccc(C)cc1O. The maximum atomic E-state index is 12.0. The fourth-order valence-electron chi connectivity index (χ4n) is 1.96. The van der Waals surface area contributed by atoms with Gasteiger partial charge in [0.25, 0.3) is 0 Å². The van der Waals surface area contributed by atoms with Crippen molar-refractivity contribution in [1.82, 2.24) is 0 Å². The topological polar surface area (TPSA) is 87.7 Å². The summed E-state index contributed by atoms with van der Waals surface area (Å²) in [5, 5.41) is 14.6. The minimum absolute atomic E-state index is 0.0964. The highest BCUT2D eigenvalue weighted by Crippen LogP contribution is 2.25. The zero-order valence-corrected chi connectivity index (χ0v) is 12.9. The number of nitrogens with one attached hydrogen (secondary N) is 2. The highest BCUT2D eigenvalue weighted by molar-refractivity contribution is 6.43. The number of amides is 2. The van der Waals surface area contributed by atoms with Crippen molar-refractivity contribution in [3.63, 3.8) is 0 Å². The normalized spacial score (nSPS) is 10.0. The largest absolute Gasteiger partial charge is 0.506 e. The molecule has 23 heavy (non-hydrogen) atoms. The molecule has 0 spiro atoms. The number of para-hydroxylation sites is 2. The molecule has 2 rings (SSSR count). The first-order chi connectivity index (χ1) is 11.0. The van der Waals surface area contributed by atoms with Crippen LogP contribution in [0.1, 0.15) is 12.5 Å². The number of phenols is 1. The Morgan fingerprint density at radius 2 is 1.70 bits per heavy atom. The van der Waals surface area contributed by atoms with E-state index in [9.17, 15) is 14.7 Å². The van der Waals surface area contributed by atoms with E-state index in [1.54, 1.807) is 30.3 Å². The van der Waals surface area contributed by atoms with E-state index in [1.165, 1.54) is 12.1 Å². The second kappa shape index (κ2) is 7.31. The molecule has 0 aliphatic heterocycles. The van der Waals surface area contributed by atoms with Crippen LogP contribution in [0.3, 0.4) is 0 Å². The lowest BCUT2D eigenvalue weighted by molar-refractivity contribution is -0.133. The molecule has 0 radical (unpaired) electrons. The first-order valence-electron chi connectivity index (χ1n) is 7.15. The number of rotatable bonds is 4. The van der Waals surface area contributed by atoms with Crippen molar-refractivity contribution in [3.8, 4) is 11.5 Å². The van der Waals surface area contributed by atoms with Crippen LogP contribution in [-0.2, 0) is 9.59 Å². The molecule has 0 fully saturated rings. The van der Waals surface area contributed by atoms with Crippen LogP contribution in [-0.4, -0.2) is 23.5 Å². The second-order valence-electron chi connectivity index (χ2n) is 4.86. The van der Waals surface area contributed by atoms with Crippen LogP contribution in [0.4, 0.5) is 11.4 Å². The Hall–Kier alpha value is -3.02. The van der Waals surface area contributed by atoms with Crippen LogP contribution in [0, 0.1) is 6.92 Å². The summed E-state index contributed by atoms with van der Waals surface area (Å²) in [6, 6.07) is 11.6. The smallest absolute Gasteiger partial charge is 0.314 e. The van der Waals surface area contributed by atoms with Crippen molar-refractivity contribution in [2.24, 2.45) is 0 Å². The first-order valence-corrected chi connectivity index (χ1v) is 7.15. The van der Waals surface area contributed by atoms with Gasteiger partial charge in [0, 0.05) is 0 Å². The summed E-state index contributed by atoms with van der Waals surface area (Å²) < 4.78 is 5.38. The zero-order valence-electron chi connectivity index (χ0n) is 12.9. The van der Waals surface area contributed by atoms with Gasteiger partial charge in [-0.2, -0.15) is 0 Å². The van der Waals surface area contributed by atoms with Gasteiger partial charge in [0.05, 0.1) is 18.0 Å². The molecule has 120 valence electrons. The number of aryl methyl sites for hydroxylation is 1. The van der Waals surface area contributed by atoms with Gasteiger partial charge in [0.2, 0.25) is 0 Å². The Morgan fingerprint density at radius 3 is 2.35 bits per heavy atom. The lowest BCUT2D eigenvalue weighted by atomic mass is 10.2. The minimum atomic E-state index is -0.879. The Labute approximate surface area is 134 Å². The van der Waals surface area contributed by atoms with E-state index >= 15 is 0 Å². The molecule has 0 bridgehead atoms. The van der Waals surface area contributed by atoms with Crippen molar-refractivity contribution in [3.05, 3.63) is 48.0 Å². The van der Waals surface area contributed by atoms with Crippen molar-refractivity contribution in [2.75, 3.05) is 17.2 Å². The number of benzene rings is 2. The van der Waals surface area contributed by atoms with Crippen LogP contribution in [0.5, 0.6) is 11.5 Å². The van der Waals surface area contributed by atoms with Crippen molar-refractivity contribution < 1.29 is 19.4 Å². The Bertz CT molecular complexity index is 728. The van der Waals surface area contributed by atoms with Crippen LogP contribution < -0.4 is 15.4 Å². The van der Waals surface area contributed by atoms with E-state index in [0.29, 0.717) is 18.0 Å². The molecule has 0 aliphatic carbocycles. The van der Waals surface area contributed by atoms with Gasteiger partial charge in [-0.25, -0.2) is 0 Å². The summed E-state index contributed by atoms with van der Waals surface area (Å²) >= 11 is 0. The number of hydrogen-bond donors (Lipinski definition) is 3. The molecule has 6 nitrogen and oxygen atoms in total. The highest BCUT2D eigenvalue weighted by Gasteiger charge is 2.17. The van der Waals surface area contributed by atoms with Gasteiger partial charge in [-0.05, 0) is 43.7 Å². The fraction of sp³-hybridized carbons (Fsp3) is 0.176. The third kappa shape index (κ3) is 4.23. The monoisotopic (exact) mass is 314 g/mol. The van der Waals surface area contributed by atoms with Gasteiger partial charge in [-0.15, -0.1) is 0 Å². The summed E-state index contributed by atoms with van der Waals surface area (Å²) in [5.41, 5.74) is 1.42. The zero-order chi connectivity index (χ0) is 16.8. The average Bonchev–Trinajstić information content (AvgIpc) is 2.52. The van der Waals surface area contributed by atoms with Crippen LogP contribution in [0.15, 0.2) is 42.5 Å². The molecule has 0 saturated carbocycles. The number of carbonyl (C=O) groups excluding carboxylic acids is 2. The lowest BCUT2D eigenvalue weighted by Crippen LogP contribution is -2.29. The summed E-state index contributed by atoms with van der Waals surface area (Å²) in [5.74, 6) is -1.34. The molecular weight excluding hydrogens is 296 g/mol. The molecule has 6 heteroatoms. The van der Waals surface area contributed by atoms with Crippen molar-refractivity contribution in [1.29, 1.82) is 0 Å². The van der Waals surface area contributed by atoms with E-state index < -0.39 is 11.8 Å². The number of phenolic OH excluding ortho intramolecular Hbond substituents is 1. The third-order valence-electron chi connectivity index (χ3n) is 3.04. The van der Waals surface area contributed by atoms with Crippen LogP contribution in [0.25, 0.3) is 0 Å². The number of hydrogen-bond acceptors (Lipinski definition) is 4. The number of anilines is 2. The van der Waals surface area contributed by atoms with Gasteiger partial charge in [-0.1, -0.05) is 18.2 Å². The van der Waals surface area contributed by atoms with Crippen molar-refractivity contribution >= 4 is 23.2 Å². The van der Waals surface area contributed by atoms with Crippen molar-refractivity contribution in [2.45, 2.75) is 13.8 Å². The maximum Gasteiger partial charge on any atom is 0.314 e. The molecule has 2 aromatic carbocycles. The van der Waals surface area contributed by atoms with Gasteiger partial charge < -0.3 is 20.5 Å². The second-order valence-corrected chi connectivity index (χ2v) is 4.86. The van der Waals surface area contributed by atoms with Crippen LogP contribution >= 0.6 is 0 Å². The molecule has 0 heterocycles. The summed E-state index contributed by atoms with van der Waals surface area (Å²) in [4.78, 5) is 23.9. The average molecular weight is 314 g/mol. The predicted octanol–water partition coefficient (Wildman–Crippen LogP) is 2.68. The van der Waals surface area contributed by atoms with E-state index in [-0.39, 0.29) is 11.4 Å². The Balaban J connectivity index is 2.07. The molecular formula is C17H18N2O4. The third-order valence-corrected chi connectivity index (χ3v) is 3.04. The van der Waals surface area contributed by atoms with E-state index in [0.717, 1.165) is 5.56 Å². The van der Waals surface area contributed by atoms with Gasteiger partial charge in [0.1, 0.15) is 11.5 Å². The quantitative estimate of drug-likeness (QED) is 0.598. The Morgan fingerprint density at radius 1 is 1.04 bits per heavy atom. The summed E-state index contributed by atoms with van der Waals surface area (Å²) in [7, 11) is 0. The number of aromatic hydroxyl groups is 1. The standard InChI is InChI=1S/C17H18N2O4/c1-3-23-15-7-5-4-6-13(15)19-17(22)16(21)18-12-9-8-11(2)10-14(12)20/h4-10,20H,3H2,1-2H3,(H,18,21)(H,19,22). The first kappa shape index (κ1) is 16.4. The molecule has 0 unspecified atom stereocenters. The molecule has 0 aliphatic rings. The predicted molar refractivity (Wildman–Crippen MR) is 87.7 cm³/mol. The number of carbonyl (C=O) groups is 2. The van der Waals surface area contributed by atoms with Gasteiger partial charge in [-0.3, -0.25) is 9.59 Å². The van der Waals surface area contributed by atoms with E-state index in [1.807, 2.05) is 13.8 Å². The highest BCUT2D eigenvalue weighted by atomic mass is 16.5. The fourth-order valence-corrected chi connectivity index (χ4v) is 1.96. The maximum absolute atomic E-state index is 12.0. The summed E-state index contributed by atoms with van der Waals surface area (Å²) in [6.07, 6.45) is 0. The van der Waals surface area contributed by atoms with E-state index in [2.05, 4.69) is 10.6 Å². The molecule has 3 N–H and O–H groups in total. The number of ether oxygens (including phenoxy) is 1. The molecule has 2 amide bonds. The molecule has 0 aromatic heterocycles.